The maximum absolute atomic E-state index is 13.1. The van der Waals surface area contributed by atoms with E-state index in [-0.39, 0.29) is 29.6 Å². The quantitative estimate of drug-likeness (QED) is 0.338. The van der Waals surface area contributed by atoms with Crippen molar-refractivity contribution in [1.29, 1.82) is 0 Å². The van der Waals surface area contributed by atoms with Crippen molar-refractivity contribution < 1.29 is 9.21 Å². The molecule has 5 aromatic rings. The smallest absolute Gasteiger partial charge is 0.247 e. The molecule has 0 saturated heterocycles. The molecular weight excluding hydrogens is 444 g/mol. The number of aryl methyl sites for hydroxylation is 1. The monoisotopic (exact) mass is 468 g/mol. The van der Waals surface area contributed by atoms with Gasteiger partial charge in [-0.05, 0) is 37.6 Å². The molecule has 0 fully saturated rings. The molecule has 0 bridgehead atoms. The predicted molar refractivity (Wildman–Crippen MR) is 132 cm³/mol. The van der Waals surface area contributed by atoms with Crippen LogP contribution >= 0.6 is 0 Å². The number of carbonyl (C=O) groups excluding carboxylic acids is 1. The minimum Gasteiger partial charge on any atom is -0.443 e. The topological polar surface area (TPSA) is 128 Å². The summed E-state index contributed by atoms with van der Waals surface area (Å²) >= 11 is 0. The van der Waals surface area contributed by atoms with Crippen molar-refractivity contribution in [2.75, 3.05) is 24.2 Å². The fraction of sp³-hybridized carbons (Fsp3) is 0.200. The van der Waals surface area contributed by atoms with E-state index < -0.39 is 0 Å². The van der Waals surface area contributed by atoms with Crippen LogP contribution in [0.1, 0.15) is 29.0 Å². The molecular formula is C25H24N8O2. The standard InChI is InChI=1S/C25H24N8O2/c1-16-14-29-20-9-8-17(15-33(16)20)21-23(25-28-11-13-35-25)31-24(26)22(30-21)18(34)6-5-12-32(2)19-7-3-4-10-27-19/h3-4,7-11,13-15H,5-6,12H2,1-2H3,(H2,26,31). The van der Waals surface area contributed by atoms with Crippen LogP contribution in [0.15, 0.2) is 65.8 Å². The second kappa shape index (κ2) is 9.34. The van der Waals surface area contributed by atoms with Gasteiger partial charge < -0.3 is 19.5 Å². The number of anilines is 2. The number of nitrogens with two attached hydrogens (primary N) is 1. The molecule has 2 N–H and O–H groups in total. The van der Waals surface area contributed by atoms with Crippen LogP contribution in [0.3, 0.4) is 0 Å². The normalized spacial score (nSPS) is 11.1. The summed E-state index contributed by atoms with van der Waals surface area (Å²) in [6.45, 7) is 2.62. The first-order valence-corrected chi connectivity index (χ1v) is 11.2. The Morgan fingerprint density at radius 1 is 1.09 bits per heavy atom. The molecule has 10 nitrogen and oxygen atoms in total. The number of Topliss-reactive ketones (excluding diaryl/α,β-unsaturated/α-hetero) is 1. The van der Waals surface area contributed by atoms with Gasteiger partial charge in [0.2, 0.25) is 5.89 Å². The van der Waals surface area contributed by atoms with E-state index in [2.05, 4.69) is 24.9 Å². The largest absolute Gasteiger partial charge is 0.443 e. The zero-order chi connectivity index (χ0) is 24.4. The highest BCUT2D eigenvalue weighted by atomic mass is 16.3. The van der Waals surface area contributed by atoms with Crippen molar-refractivity contribution in [3.8, 4) is 22.8 Å². The number of aromatic nitrogens is 6. The molecule has 176 valence electrons. The first-order chi connectivity index (χ1) is 17.0. The zero-order valence-electron chi connectivity index (χ0n) is 19.4. The number of rotatable bonds is 8. The molecule has 0 unspecified atom stereocenters. The van der Waals surface area contributed by atoms with Crippen LogP contribution in [0.25, 0.3) is 28.5 Å². The van der Waals surface area contributed by atoms with Crippen LogP contribution < -0.4 is 10.6 Å². The van der Waals surface area contributed by atoms with Crippen molar-refractivity contribution >= 4 is 23.1 Å². The van der Waals surface area contributed by atoms with E-state index in [0.717, 1.165) is 22.7 Å². The number of oxazole rings is 1. The number of hydrogen-bond donors (Lipinski definition) is 1. The molecule has 0 amide bonds. The van der Waals surface area contributed by atoms with E-state index in [9.17, 15) is 4.79 Å². The first kappa shape index (κ1) is 22.2. The number of pyridine rings is 2. The summed E-state index contributed by atoms with van der Waals surface area (Å²) in [6.07, 6.45) is 9.30. The molecule has 5 heterocycles. The Kier molecular flexibility index (Phi) is 5.92. The average molecular weight is 469 g/mol. The molecule has 0 aliphatic carbocycles. The number of carbonyl (C=O) groups is 1. The number of ketones is 1. The molecule has 35 heavy (non-hydrogen) atoms. The number of hydrogen-bond acceptors (Lipinski definition) is 9. The first-order valence-electron chi connectivity index (χ1n) is 11.2. The van der Waals surface area contributed by atoms with Crippen LogP contribution in [0.4, 0.5) is 11.6 Å². The second-order valence-corrected chi connectivity index (χ2v) is 8.17. The lowest BCUT2D eigenvalue weighted by Crippen LogP contribution is -2.20. The zero-order valence-corrected chi connectivity index (χ0v) is 19.4. The highest BCUT2D eigenvalue weighted by Gasteiger charge is 2.22. The highest BCUT2D eigenvalue weighted by Crippen LogP contribution is 2.31. The lowest BCUT2D eigenvalue weighted by molar-refractivity contribution is 0.0976. The molecule has 0 radical (unpaired) electrons. The van der Waals surface area contributed by atoms with Crippen LogP contribution in [0.2, 0.25) is 0 Å². The Morgan fingerprint density at radius 3 is 2.74 bits per heavy atom. The number of nitrogens with zero attached hydrogens (tertiary/aromatic N) is 7. The van der Waals surface area contributed by atoms with Gasteiger partial charge in [0.25, 0.3) is 0 Å². The summed E-state index contributed by atoms with van der Waals surface area (Å²) in [6, 6.07) is 9.49. The Morgan fingerprint density at radius 2 is 1.97 bits per heavy atom. The fourth-order valence-electron chi connectivity index (χ4n) is 3.88. The molecule has 0 atom stereocenters. The summed E-state index contributed by atoms with van der Waals surface area (Å²) in [5, 5.41) is 0. The van der Waals surface area contributed by atoms with Gasteiger partial charge in [-0.25, -0.2) is 24.9 Å². The van der Waals surface area contributed by atoms with Crippen molar-refractivity contribution in [2.45, 2.75) is 19.8 Å². The van der Waals surface area contributed by atoms with E-state index in [4.69, 9.17) is 10.2 Å². The summed E-state index contributed by atoms with van der Waals surface area (Å²) < 4.78 is 7.43. The molecule has 0 aromatic carbocycles. The Labute approximate surface area is 201 Å². The van der Waals surface area contributed by atoms with Gasteiger partial charge in [0.15, 0.2) is 17.3 Å². The predicted octanol–water partition coefficient (Wildman–Crippen LogP) is 3.83. The molecule has 0 saturated carbocycles. The Bertz CT molecular complexity index is 1480. The van der Waals surface area contributed by atoms with Crippen LogP contribution in [0, 0.1) is 6.92 Å². The van der Waals surface area contributed by atoms with Crippen LogP contribution in [-0.2, 0) is 0 Å². The van der Waals surface area contributed by atoms with E-state index in [1.165, 1.54) is 12.5 Å². The molecule has 5 aromatic heterocycles. The maximum atomic E-state index is 13.1. The molecule has 0 spiro atoms. The summed E-state index contributed by atoms with van der Waals surface area (Å²) in [4.78, 5) is 37.2. The summed E-state index contributed by atoms with van der Waals surface area (Å²) in [5.74, 6) is 0.995. The van der Waals surface area contributed by atoms with Gasteiger partial charge in [0.05, 0.1) is 6.20 Å². The van der Waals surface area contributed by atoms with Gasteiger partial charge in [-0.1, -0.05) is 6.07 Å². The van der Waals surface area contributed by atoms with Gasteiger partial charge in [-0.3, -0.25) is 4.79 Å². The third-order valence-corrected chi connectivity index (χ3v) is 5.72. The molecule has 0 aliphatic rings. The van der Waals surface area contributed by atoms with Crippen LogP contribution in [0.5, 0.6) is 0 Å². The van der Waals surface area contributed by atoms with Gasteiger partial charge in [0, 0.05) is 49.9 Å². The Hall–Kier alpha value is -4.60. The minimum absolute atomic E-state index is 0.0462. The van der Waals surface area contributed by atoms with Gasteiger partial charge >= 0.3 is 0 Å². The Balaban J connectivity index is 1.45. The van der Waals surface area contributed by atoms with Gasteiger partial charge in [-0.15, -0.1) is 0 Å². The van der Waals surface area contributed by atoms with Crippen molar-refractivity contribution in [1.82, 2.24) is 29.3 Å². The second-order valence-electron chi connectivity index (χ2n) is 8.17. The summed E-state index contributed by atoms with van der Waals surface area (Å²) in [7, 11) is 1.94. The lowest BCUT2D eigenvalue weighted by Gasteiger charge is -2.17. The van der Waals surface area contributed by atoms with E-state index in [1.807, 2.05) is 59.8 Å². The lowest BCUT2D eigenvalue weighted by atomic mass is 10.1. The van der Waals surface area contributed by atoms with Crippen molar-refractivity contribution in [3.05, 3.63) is 72.8 Å². The summed E-state index contributed by atoms with van der Waals surface area (Å²) in [5.41, 5.74) is 9.68. The third kappa shape index (κ3) is 4.45. The third-order valence-electron chi connectivity index (χ3n) is 5.72. The number of imidazole rings is 1. The molecule has 10 heteroatoms. The van der Waals surface area contributed by atoms with E-state index >= 15 is 0 Å². The number of nitrogen functional groups attached to an aromatic ring is 1. The maximum Gasteiger partial charge on any atom is 0.247 e. The number of fused-ring (bicyclic) bond motifs is 1. The van der Waals surface area contributed by atoms with Crippen molar-refractivity contribution in [3.63, 3.8) is 0 Å². The van der Waals surface area contributed by atoms with Gasteiger partial charge in [0.1, 0.15) is 29.1 Å². The SMILES string of the molecule is Cc1cnc2ccc(-c3nc(C(=O)CCCN(C)c4ccccn4)c(N)nc3-c3ncco3)cn12. The minimum atomic E-state index is -0.176. The van der Waals surface area contributed by atoms with Crippen molar-refractivity contribution in [2.24, 2.45) is 0 Å². The molecule has 5 rings (SSSR count). The fourth-order valence-corrected chi connectivity index (χ4v) is 3.88. The van der Waals surface area contributed by atoms with E-state index in [1.54, 1.807) is 12.4 Å². The van der Waals surface area contributed by atoms with E-state index in [0.29, 0.717) is 24.4 Å². The van der Waals surface area contributed by atoms with Gasteiger partial charge in [-0.2, -0.15) is 0 Å². The highest BCUT2D eigenvalue weighted by molar-refractivity contribution is 5.99. The molecule has 0 aliphatic heterocycles. The van der Waals surface area contributed by atoms with Crippen LogP contribution in [-0.4, -0.2) is 48.7 Å². The average Bonchev–Trinajstić information content (AvgIpc) is 3.54.